The number of rotatable bonds is 3. The van der Waals surface area contributed by atoms with Gasteiger partial charge >= 0.3 is 5.97 Å². The molecule has 1 unspecified atom stereocenters. The molecule has 1 heterocycles. The van der Waals surface area contributed by atoms with Crippen LogP contribution in [-0.4, -0.2) is 23.2 Å². The van der Waals surface area contributed by atoms with Gasteiger partial charge in [-0.25, -0.2) is 4.79 Å². The Morgan fingerprint density at radius 3 is 2.74 bits per heavy atom. The number of carboxylic acid groups (broad SMARTS) is 1. The first kappa shape index (κ1) is 13.1. The minimum Gasteiger partial charge on any atom is -0.477 e. The maximum atomic E-state index is 11.0. The number of carbonyl (C=O) groups is 1. The highest BCUT2D eigenvalue weighted by molar-refractivity contribution is 7.14. The number of hydrogen-bond acceptors (Lipinski definition) is 3. The molecule has 0 amide bonds. The van der Waals surface area contributed by atoms with E-state index in [0.29, 0.717) is 17.0 Å². The molecule has 19 heavy (non-hydrogen) atoms. The van der Waals surface area contributed by atoms with E-state index in [1.807, 2.05) is 6.07 Å². The number of nitrogens with one attached hydrogen (secondary N) is 1. The molecule has 1 atom stereocenters. The summed E-state index contributed by atoms with van der Waals surface area (Å²) in [7, 11) is 0. The Labute approximate surface area is 118 Å². The van der Waals surface area contributed by atoms with Crippen LogP contribution in [0.2, 0.25) is 0 Å². The second-order valence-corrected chi connectivity index (χ2v) is 6.94. The standard InChI is InChI=1S/C15H21NO2S/c17-15(18)14-9-10-8-12(6-7-13(10)19-14)16-11-4-2-1-3-5-11/h9,11-12,16H,1-8H2,(H,17,18). The van der Waals surface area contributed by atoms with Crippen LogP contribution in [0.25, 0.3) is 0 Å². The zero-order valence-electron chi connectivity index (χ0n) is 11.2. The van der Waals surface area contributed by atoms with Crippen molar-refractivity contribution in [3.8, 4) is 0 Å². The van der Waals surface area contributed by atoms with Gasteiger partial charge in [0, 0.05) is 17.0 Å². The Bertz CT molecular complexity index is 463. The third-order valence-corrected chi connectivity index (χ3v) is 5.60. The average Bonchev–Trinajstić information content (AvgIpc) is 2.83. The maximum Gasteiger partial charge on any atom is 0.345 e. The number of carboxylic acids is 1. The molecule has 104 valence electrons. The van der Waals surface area contributed by atoms with E-state index in [1.54, 1.807) is 0 Å². The molecular formula is C15H21NO2S. The van der Waals surface area contributed by atoms with Gasteiger partial charge in [-0.3, -0.25) is 0 Å². The minimum absolute atomic E-state index is 0.503. The Morgan fingerprint density at radius 2 is 2.00 bits per heavy atom. The molecule has 1 saturated carbocycles. The second-order valence-electron chi connectivity index (χ2n) is 5.81. The van der Waals surface area contributed by atoms with Crippen LogP contribution < -0.4 is 5.32 Å². The molecule has 0 bridgehead atoms. The smallest absolute Gasteiger partial charge is 0.345 e. The SMILES string of the molecule is O=C(O)c1cc2c(s1)CCC(NC1CCCCC1)C2. The van der Waals surface area contributed by atoms with Crippen LogP contribution in [-0.2, 0) is 12.8 Å². The highest BCUT2D eigenvalue weighted by Gasteiger charge is 2.25. The van der Waals surface area contributed by atoms with Gasteiger partial charge < -0.3 is 10.4 Å². The molecule has 1 aromatic heterocycles. The summed E-state index contributed by atoms with van der Waals surface area (Å²) in [6.07, 6.45) is 9.94. The van der Waals surface area contributed by atoms with E-state index in [2.05, 4.69) is 5.32 Å². The molecule has 2 aliphatic carbocycles. The summed E-state index contributed by atoms with van der Waals surface area (Å²) in [6.45, 7) is 0. The van der Waals surface area contributed by atoms with E-state index in [9.17, 15) is 4.79 Å². The summed E-state index contributed by atoms with van der Waals surface area (Å²) in [6, 6.07) is 3.13. The summed E-state index contributed by atoms with van der Waals surface area (Å²) in [4.78, 5) is 12.8. The third kappa shape index (κ3) is 3.00. The average molecular weight is 279 g/mol. The lowest BCUT2D eigenvalue weighted by molar-refractivity contribution is 0.0702. The number of thiophene rings is 1. The van der Waals surface area contributed by atoms with Crippen molar-refractivity contribution < 1.29 is 9.90 Å². The molecular weight excluding hydrogens is 258 g/mol. The van der Waals surface area contributed by atoms with Crippen molar-refractivity contribution in [3.05, 3.63) is 21.4 Å². The predicted molar refractivity (Wildman–Crippen MR) is 77.1 cm³/mol. The molecule has 2 aliphatic rings. The van der Waals surface area contributed by atoms with Gasteiger partial charge in [-0.2, -0.15) is 0 Å². The van der Waals surface area contributed by atoms with Gasteiger partial charge in [0.25, 0.3) is 0 Å². The molecule has 0 radical (unpaired) electrons. The topological polar surface area (TPSA) is 49.3 Å². The maximum absolute atomic E-state index is 11.0. The molecule has 1 fully saturated rings. The van der Waals surface area contributed by atoms with Gasteiger partial charge in [0.2, 0.25) is 0 Å². The van der Waals surface area contributed by atoms with E-state index in [1.165, 1.54) is 53.9 Å². The quantitative estimate of drug-likeness (QED) is 0.893. The Balaban J connectivity index is 1.63. The summed E-state index contributed by atoms with van der Waals surface area (Å²) in [5.74, 6) is -0.781. The van der Waals surface area contributed by atoms with Gasteiger partial charge in [-0.05, 0) is 43.7 Å². The first-order valence-corrected chi connectivity index (χ1v) is 8.15. The van der Waals surface area contributed by atoms with Gasteiger partial charge in [0.1, 0.15) is 4.88 Å². The first-order chi connectivity index (χ1) is 9.22. The van der Waals surface area contributed by atoms with Crippen LogP contribution in [0, 0.1) is 0 Å². The van der Waals surface area contributed by atoms with Crippen LogP contribution >= 0.6 is 11.3 Å². The van der Waals surface area contributed by atoms with Crippen molar-refractivity contribution in [1.29, 1.82) is 0 Å². The number of aryl methyl sites for hydroxylation is 1. The molecule has 0 spiro atoms. The normalized spacial score (nSPS) is 24.1. The van der Waals surface area contributed by atoms with Gasteiger partial charge in [-0.15, -0.1) is 11.3 Å². The van der Waals surface area contributed by atoms with Gasteiger partial charge in [-0.1, -0.05) is 19.3 Å². The van der Waals surface area contributed by atoms with E-state index < -0.39 is 5.97 Å². The fourth-order valence-electron chi connectivity index (χ4n) is 3.37. The molecule has 3 nitrogen and oxygen atoms in total. The largest absolute Gasteiger partial charge is 0.477 e. The summed E-state index contributed by atoms with van der Waals surface area (Å²) in [5, 5.41) is 12.9. The third-order valence-electron chi connectivity index (χ3n) is 4.37. The lowest BCUT2D eigenvalue weighted by Gasteiger charge is -2.30. The Kier molecular flexibility index (Phi) is 3.89. The van der Waals surface area contributed by atoms with Crippen LogP contribution in [0.4, 0.5) is 0 Å². The number of aromatic carboxylic acids is 1. The van der Waals surface area contributed by atoms with E-state index >= 15 is 0 Å². The van der Waals surface area contributed by atoms with Crippen molar-refractivity contribution in [3.63, 3.8) is 0 Å². The molecule has 3 rings (SSSR count). The van der Waals surface area contributed by atoms with Crippen molar-refractivity contribution in [2.75, 3.05) is 0 Å². The second kappa shape index (κ2) is 5.63. The number of hydrogen-bond donors (Lipinski definition) is 2. The van der Waals surface area contributed by atoms with E-state index in [4.69, 9.17) is 5.11 Å². The lowest BCUT2D eigenvalue weighted by atomic mass is 9.90. The summed E-state index contributed by atoms with van der Waals surface area (Å²) in [5.41, 5.74) is 1.27. The van der Waals surface area contributed by atoms with E-state index in [0.717, 1.165) is 19.3 Å². The zero-order valence-corrected chi connectivity index (χ0v) is 12.0. The molecule has 0 saturated heterocycles. The molecule has 1 aromatic rings. The fourth-order valence-corrected chi connectivity index (χ4v) is 4.42. The van der Waals surface area contributed by atoms with Crippen molar-refractivity contribution >= 4 is 17.3 Å². The molecule has 4 heteroatoms. The number of fused-ring (bicyclic) bond motifs is 1. The van der Waals surface area contributed by atoms with Crippen molar-refractivity contribution in [2.24, 2.45) is 0 Å². The van der Waals surface area contributed by atoms with E-state index in [-0.39, 0.29) is 0 Å². The Morgan fingerprint density at radius 1 is 1.21 bits per heavy atom. The van der Waals surface area contributed by atoms with Crippen LogP contribution in [0.5, 0.6) is 0 Å². The summed E-state index contributed by atoms with van der Waals surface area (Å²) < 4.78 is 0. The fraction of sp³-hybridized carbons (Fsp3) is 0.667. The monoisotopic (exact) mass is 279 g/mol. The molecule has 0 aromatic carbocycles. The van der Waals surface area contributed by atoms with Gasteiger partial charge in [0.15, 0.2) is 0 Å². The van der Waals surface area contributed by atoms with Crippen molar-refractivity contribution in [2.45, 2.75) is 63.5 Å². The minimum atomic E-state index is -0.781. The zero-order chi connectivity index (χ0) is 13.2. The summed E-state index contributed by atoms with van der Waals surface area (Å²) >= 11 is 1.46. The first-order valence-electron chi connectivity index (χ1n) is 7.33. The highest BCUT2D eigenvalue weighted by Crippen LogP contribution is 2.30. The van der Waals surface area contributed by atoms with Crippen LogP contribution in [0.1, 0.15) is 58.6 Å². The molecule has 2 N–H and O–H groups in total. The molecule has 0 aliphatic heterocycles. The van der Waals surface area contributed by atoms with Crippen LogP contribution in [0.15, 0.2) is 6.07 Å². The van der Waals surface area contributed by atoms with Crippen LogP contribution in [0.3, 0.4) is 0 Å². The Hall–Kier alpha value is -0.870. The van der Waals surface area contributed by atoms with Crippen molar-refractivity contribution in [1.82, 2.24) is 5.32 Å². The lowest BCUT2D eigenvalue weighted by Crippen LogP contribution is -2.42. The van der Waals surface area contributed by atoms with Gasteiger partial charge in [0.05, 0.1) is 0 Å². The predicted octanol–water partition coefficient (Wildman–Crippen LogP) is 3.23. The highest BCUT2D eigenvalue weighted by atomic mass is 32.1.